The molecule has 1 N–H and O–H groups in total. The van der Waals surface area contributed by atoms with Crippen molar-refractivity contribution in [3.63, 3.8) is 0 Å². The fourth-order valence-corrected chi connectivity index (χ4v) is 3.72. The molecule has 21 heavy (non-hydrogen) atoms. The monoisotopic (exact) mass is 380 g/mol. The summed E-state index contributed by atoms with van der Waals surface area (Å²) in [5, 5.41) is 5.23. The predicted octanol–water partition coefficient (Wildman–Crippen LogP) is 4.88. The van der Waals surface area contributed by atoms with Crippen molar-refractivity contribution in [3.8, 4) is 10.6 Å². The zero-order valence-corrected chi connectivity index (χ0v) is 13.8. The number of nitrogens with one attached hydrogen (secondary N) is 1. The molecule has 0 saturated carbocycles. The molecule has 3 aromatic heterocycles. The van der Waals surface area contributed by atoms with Crippen LogP contribution in [0.1, 0.15) is 5.76 Å². The Bertz CT molecular complexity index is 775. The molecular weight excluding hydrogens is 372 g/mol. The maximum Gasteiger partial charge on any atom is 0.250 e. The number of nitrogens with zero attached hydrogens (tertiary/aromatic N) is 1. The van der Waals surface area contributed by atoms with Crippen LogP contribution in [0.5, 0.6) is 0 Å². The van der Waals surface area contributed by atoms with E-state index in [1.165, 1.54) is 17.4 Å². The van der Waals surface area contributed by atoms with E-state index in [2.05, 4.69) is 26.2 Å². The van der Waals surface area contributed by atoms with Crippen molar-refractivity contribution in [1.82, 2.24) is 4.98 Å². The topological polar surface area (TPSA) is 55.1 Å². The van der Waals surface area contributed by atoms with Crippen LogP contribution in [0.4, 0.5) is 5.13 Å². The van der Waals surface area contributed by atoms with Crippen LogP contribution in [0.2, 0.25) is 0 Å². The highest BCUT2D eigenvalue weighted by Gasteiger charge is 2.08. The number of carbonyl (C=O) groups is 1. The van der Waals surface area contributed by atoms with E-state index in [9.17, 15) is 4.79 Å². The molecule has 7 heteroatoms. The Morgan fingerprint density at radius 1 is 1.38 bits per heavy atom. The number of hydrogen-bond donors (Lipinski definition) is 1. The molecule has 0 saturated heterocycles. The van der Waals surface area contributed by atoms with Crippen LogP contribution < -0.4 is 5.32 Å². The molecule has 0 aliphatic carbocycles. The lowest BCUT2D eigenvalue weighted by Gasteiger charge is -1.95. The Morgan fingerprint density at radius 2 is 2.29 bits per heavy atom. The number of amides is 1. The fourth-order valence-electron chi connectivity index (χ4n) is 1.59. The van der Waals surface area contributed by atoms with Crippen LogP contribution in [0.25, 0.3) is 16.6 Å². The normalized spacial score (nSPS) is 11.1. The predicted molar refractivity (Wildman–Crippen MR) is 89.5 cm³/mol. The van der Waals surface area contributed by atoms with Gasteiger partial charge in [-0.3, -0.25) is 10.1 Å². The van der Waals surface area contributed by atoms with Gasteiger partial charge in [0.05, 0.1) is 20.6 Å². The number of furan rings is 1. The highest BCUT2D eigenvalue weighted by molar-refractivity contribution is 9.11. The largest absolute Gasteiger partial charge is 0.465 e. The Hall–Kier alpha value is -1.70. The zero-order chi connectivity index (χ0) is 14.7. The van der Waals surface area contributed by atoms with Crippen molar-refractivity contribution >= 4 is 55.7 Å². The summed E-state index contributed by atoms with van der Waals surface area (Å²) in [6.07, 6.45) is 4.59. The summed E-state index contributed by atoms with van der Waals surface area (Å²) in [5.74, 6) is 0.396. The first-order valence-corrected chi connectivity index (χ1v) is 8.43. The van der Waals surface area contributed by atoms with Gasteiger partial charge >= 0.3 is 0 Å². The molecule has 3 aromatic rings. The van der Waals surface area contributed by atoms with Gasteiger partial charge in [-0.2, -0.15) is 0 Å². The molecule has 0 aliphatic rings. The number of aromatic nitrogens is 1. The van der Waals surface area contributed by atoms with Gasteiger partial charge in [-0.25, -0.2) is 4.98 Å². The van der Waals surface area contributed by atoms with Crippen molar-refractivity contribution in [3.05, 3.63) is 51.5 Å². The molecule has 0 spiro atoms. The molecule has 1 amide bonds. The Balaban J connectivity index is 1.65. The summed E-state index contributed by atoms with van der Waals surface area (Å²) in [7, 11) is 0. The molecule has 0 atom stereocenters. The zero-order valence-electron chi connectivity index (χ0n) is 10.6. The van der Waals surface area contributed by atoms with Crippen LogP contribution in [-0.4, -0.2) is 10.9 Å². The lowest BCUT2D eigenvalue weighted by atomic mass is 10.4. The maximum atomic E-state index is 11.8. The summed E-state index contributed by atoms with van der Waals surface area (Å²) in [6.45, 7) is 0. The molecule has 0 bridgehead atoms. The number of hydrogen-bond acceptors (Lipinski definition) is 5. The van der Waals surface area contributed by atoms with Crippen LogP contribution >= 0.6 is 38.6 Å². The number of carbonyl (C=O) groups excluding carboxylic acids is 1. The summed E-state index contributed by atoms with van der Waals surface area (Å²) in [5.41, 5.74) is 0.862. The van der Waals surface area contributed by atoms with E-state index in [0.717, 1.165) is 14.4 Å². The Morgan fingerprint density at radius 3 is 3.00 bits per heavy atom. The number of thiazole rings is 1. The van der Waals surface area contributed by atoms with E-state index in [4.69, 9.17) is 4.42 Å². The third kappa shape index (κ3) is 3.69. The first-order valence-electron chi connectivity index (χ1n) is 5.94. The highest BCUT2D eigenvalue weighted by atomic mass is 79.9. The van der Waals surface area contributed by atoms with Crippen LogP contribution in [-0.2, 0) is 4.79 Å². The third-order valence-electron chi connectivity index (χ3n) is 2.50. The van der Waals surface area contributed by atoms with Gasteiger partial charge in [0.15, 0.2) is 5.13 Å². The van der Waals surface area contributed by atoms with Gasteiger partial charge in [0.2, 0.25) is 5.91 Å². The van der Waals surface area contributed by atoms with Crippen LogP contribution in [0, 0.1) is 0 Å². The number of halogens is 1. The summed E-state index contributed by atoms with van der Waals surface area (Å²) in [6, 6.07) is 7.51. The maximum absolute atomic E-state index is 11.8. The first-order chi connectivity index (χ1) is 10.2. The Labute approximate surface area is 137 Å². The average molecular weight is 381 g/mol. The molecular formula is C14H9BrN2O2S2. The average Bonchev–Trinajstić information content (AvgIpc) is 3.17. The smallest absolute Gasteiger partial charge is 0.250 e. The van der Waals surface area contributed by atoms with Crippen molar-refractivity contribution < 1.29 is 9.21 Å². The van der Waals surface area contributed by atoms with Crippen molar-refractivity contribution in [2.45, 2.75) is 0 Å². The van der Waals surface area contributed by atoms with Gasteiger partial charge in [0.25, 0.3) is 0 Å². The van der Waals surface area contributed by atoms with Gasteiger partial charge in [-0.15, -0.1) is 22.7 Å². The fraction of sp³-hybridized carbons (Fsp3) is 0. The van der Waals surface area contributed by atoms with E-state index in [0.29, 0.717) is 10.9 Å². The number of rotatable bonds is 4. The lowest BCUT2D eigenvalue weighted by Crippen LogP contribution is -2.07. The number of thiophene rings is 1. The standard InChI is InChI=1S/C14H9BrN2O2S2/c15-12-5-4-11(21-12)10-8-20-14(16-10)17-13(18)6-3-9-2-1-7-19-9/h1-8H,(H,16,17,18)/b6-3+. The molecule has 0 radical (unpaired) electrons. The minimum absolute atomic E-state index is 0.236. The molecule has 3 rings (SSSR count). The minimum Gasteiger partial charge on any atom is -0.465 e. The van der Waals surface area contributed by atoms with E-state index < -0.39 is 0 Å². The lowest BCUT2D eigenvalue weighted by molar-refractivity contribution is -0.111. The SMILES string of the molecule is O=C(/C=C/c1ccco1)Nc1nc(-c2ccc(Br)s2)cs1. The van der Waals surface area contributed by atoms with E-state index in [-0.39, 0.29) is 5.91 Å². The minimum atomic E-state index is -0.236. The van der Waals surface area contributed by atoms with Gasteiger partial charge in [0.1, 0.15) is 5.76 Å². The van der Waals surface area contributed by atoms with E-state index in [1.54, 1.807) is 35.8 Å². The third-order valence-corrected chi connectivity index (χ3v) is 4.91. The molecule has 0 unspecified atom stereocenters. The number of anilines is 1. The van der Waals surface area contributed by atoms with Gasteiger partial charge in [-0.05, 0) is 46.3 Å². The molecule has 4 nitrogen and oxygen atoms in total. The second-order valence-electron chi connectivity index (χ2n) is 3.98. The molecule has 3 heterocycles. The van der Waals surface area contributed by atoms with Gasteiger partial charge in [-0.1, -0.05) is 0 Å². The highest BCUT2D eigenvalue weighted by Crippen LogP contribution is 2.32. The molecule has 0 aromatic carbocycles. The summed E-state index contributed by atoms with van der Waals surface area (Å²) < 4.78 is 6.17. The van der Waals surface area contributed by atoms with Gasteiger partial charge in [0, 0.05) is 11.5 Å². The molecule has 0 fully saturated rings. The Kier molecular flexibility index (Phi) is 4.33. The first kappa shape index (κ1) is 14.2. The van der Waals surface area contributed by atoms with Crippen molar-refractivity contribution in [1.29, 1.82) is 0 Å². The quantitative estimate of drug-likeness (QED) is 0.656. The van der Waals surface area contributed by atoms with Crippen LogP contribution in [0.3, 0.4) is 0 Å². The van der Waals surface area contributed by atoms with E-state index in [1.807, 2.05) is 17.5 Å². The second-order valence-corrected chi connectivity index (χ2v) is 7.30. The second kappa shape index (κ2) is 6.38. The van der Waals surface area contributed by atoms with Crippen LogP contribution in [0.15, 0.2) is 50.2 Å². The van der Waals surface area contributed by atoms with Gasteiger partial charge < -0.3 is 4.42 Å². The molecule has 0 aliphatic heterocycles. The molecule has 106 valence electrons. The van der Waals surface area contributed by atoms with Crippen molar-refractivity contribution in [2.24, 2.45) is 0 Å². The van der Waals surface area contributed by atoms with E-state index >= 15 is 0 Å². The van der Waals surface area contributed by atoms with Crippen molar-refractivity contribution in [2.75, 3.05) is 5.32 Å². The summed E-state index contributed by atoms with van der Waals surface area (Å²) >= 11 is 6.42. The summed E-state index contributed by atoms with van der Waals surface area (Å²) in [4.78, 5) is 17.2.